The van der Waals surface area contributed by atoms with Gasteiger partial charge in [-0.3, -0.25) is 9.59 Å². The molecule has 2 fully saturated rings. The fourth-order valence-electron chi connectivity index (χ4n) is 5.34. The lowest BCUT2D eigenvalue weighted by Gasteiger charge is -2.50. The Bertz CT molecular complexity index is 1180. The highest BCUT2D eigenvalue weighted by Gasteiger charge is 3.05. The molecule has 4 unspecified atom stereocenters. The third-order valence-electron chi connectivity index (χ3n) is 6.96. The van der Waals surface area contributed by atoms with Crippen molar-refractivity contribution in [3.8, 4) is 0 Å². The molecular weight excluding hydrogens is 653 g/mol. The van der Waals surface area contributed by atoms with E-state index in [-0.39, 0.29) is 6.42 Å². The number of carbonyl (C=O) groups excluding carboxylic acids is 2. The summed E-state index contributed by atoms with van der Waals surface area (Å²) in [5.74, 6) is -19.8. The molecule has 1 heterocycles. The number of amides is 2. The number of fused-ring (bicyclic) bond motifs is 5. The molecule has 0 radical (unpaired) electrons. The number of halogens is 17. The molecule has 3 rings (SSSR count). The molecule has 6 nitrogen and oxygen atoms in total. The maximum Gasteiger partial charge on any atom is 0.425 e. The van der Waals surface area contributed by atoms with Gasteiger partial charge in [0.1, 0.15) is 0 Å². The molecule has 2 bridgehead atoms. The van der Waals surface area contributed by atoms with Crippen LogP contribution in [0.3, 0.4) is 0 Å². The largest absolute Gasteiger partial charge is 0.425 e. The zero-order chi connectivity index (χ0) is 32.4. The van der Waals surface area contributed by atoms with Crippen LogP contribution < -0.4 is 0 Å². The van der Waals surface area contributed by atoms with E-state index in [0.717, 1.165) is 12.2 Å². The van der Waals surface area contributed by atoms with Gasteiger partial charge in [-0.05, 0) is 18.3 Å². The van der Waals surface area contributed by atoms with Crippen LogP contribution in [0.15, 0.2) is 12.2 Å². The molecule has 41 heavy (non-hydrogen) atoms. The Morgan fingerprint density at radius 1 is 0.610 bits per heavy atom. The number of nitrogens with zero attached hydrogens (tertiary/aromatic N) is 1. The molecule has 236 valence electrons. The van der Waals surface area contributed by atoms with Crippen molar-refractivity contribution >= 4 is 21.9 Å². The Hall–Kier alpha value is -2.40. The normalized spacial score (nSPS) is 26.8. The van der Waals surface area contributed by atoms with Crippen molar-refractivity contribution < 1.29 is 96.9 Å². The summed E-state index contributed by atoms with van der Waals surface area (Å²) in [5.41, 5.74) is -9.39. The SMILES string of the molecule is O=C1C2C3C=CC(C3)C2C(=O)N1OS(=O)(=O)C(C(F)(F)F)(C(F)(F)F)C(F)(F)C(C(F)(F)F)(C(F)(F)F)C(F)(F)F. The first-order valence-electron chi connectivity index (χ1n) is 10.1. The van der Waals surface area contributed by atoms with Crippen molar-refractivity contribution in [2.75, 3.05) is 0 Å². The second kappa shape index (κ2) is 8.58. The lowest BCUT2D eigenvalue weighted by Crippen LogP contribution is -2.83. The van der Waals surface area contributed by atoms with Gasteiger partial charge in [0.2, 0.25) is 0 Å². The summed E-state index contributed by atoms with van der Waals surface area (Å²) in [4.78, 5) is 24.8. The summed E-state index contributed by atoms with van der Waals surface area (Å²) >= 11 is 0. The van der Waals surface area contributed by atoms with Crippen molar-refractivity contribution in [1.82, 2.24) is 5.06 Å². The molecule has 0 spiro atoms. The Labute approximate surface area is 214 Å². The van der Waals surface area contributed by atoms with Gasteiger partial charge in [-0.15, -0.1) is 9.35 Å². The van der Waals surface area contributed by atoms with Gasteiger partial charge in [0.05, 0.1) is 11.8 Å². The van der Waals surface area contributed by atoms with E-state index in [1.807, 2.05) is 0 Å². The van der Waals surface area contributed by atoms with Crippen molar-refractivity contribution in [2.24, 2.45) is 29.1 Å². The molecule has 1 saturated heterocycles. The number of carbonyl (C=O) groups is 2. The van der Waals surface area contributed by atoms with Gasteiger partial charge >= 0.3 is 57.1 Å². The van der Waals surface area contributed by atoms with E-state index in [1.165, 1.54) is 0 Å². The molecule has 0 aromatic rings. The van der Waals surface area contributed by atoms with Gasteiger partial charge in [0.15, 0.2) is 0 Å². The Balaban J connectivity index is 2.41. The highest BCUT2D eigenvalue weighted by Crippen LogP contribution is 2.73. The zero-order valence-corrected chi connectivity index (χ0v) is 19.3. The molecule has 3 aliphatic rings. The molecule has 24 heteroatoms. The molecule has 1 aliphatic heterocycles. The van der Waals surface area contributed by atoms with Crippen molar-refractivity contribution in [3.63, 3.8) is 0 Å². The maximum atomic E-state index is 15.0. The number of hydrogen-bond donors (Lipinski definition) is 0. The minimum absolute atomic E-state index is 0.0915. The van der Waals surface area contributed by atoms with Crippen LogP contribution in [0.2, 0.25) is 0 Å². The lowest BCUT2D eigenvalue weighted by atomic mass is 9.71. The molecule has 4 atom stereocenters. The fraction of sp³-hybridized carbons (Fsp3) is 0.765. The first-order chi connectivity index (χ1) is 17.9. The van der Waals surface area contributed by atoms with Crippen LogP contribution in [0.1, 0.15) is 6.42 Å². The van der Waals surface area contributed by atoms with Gasteiger partial charge in [-0.25, -0.2) is 8.78 Å². The standard InChI is InChI=1S/C17H8F17NO5S/c18-12(19,10(13(20,21)22,14(23,24)25)15(26,27)28)11(16(29,30)31,17(32,33)34)41(38,39)40-35-8(36)6-4-1-2-5(3-4)7(6)9(35)37/h1-2,4-7H,3H2. The molecule has 2 aliphatic carbocycles. The monoisotopic (exact) mass is 661 g/mol. The number of hydroxylamine groups is 2. The highest BCUT2D eigenvalue weighted by atomic mass is 32.2. The van der Waals surface area contributed by atoms with E-state index in [9.17, 15) is 83.9 Å². The van der Waals surface area contributed by atoms with Crippen LogP contribution >= 0.6 is 0 Å². The summed E-state index contributed by atoms with van der Waals surface area (Å²) < 4.78 is 252. The van der Waals surface area contributed by atoms with Gasteiger partial charge in [-0.2, -0.15) is 74.3 Å². The second-order valence-electron chi connectivity index (χ2n) is 8.99. The predicted octanol–water partition coefficient (Wildman–Crippen LogP) is 5.23. The molecule has 2 amide bonds. The summed E-state index contributed by atoms with van der Waals surface area (Å²) in [6.07, 6.45) is -41.9. The summed E-state index contributed by atoms with van der Waals surface area (Å²) in [6, 6.07) is 0. The summed E-state index contributed by atoms with van der Waals surface area (Å²) in [6.45, 7) is 0. The maximum absolute atomic E-state index is 15.0. The van der Waals surface area contributed by atoms with Crippen LogP contribution in [0.4, 0.5) is 74.6 Å². The minimum atomic E-state index is -9.59. The van der Waals surface area contributed by atoms with E-state index in [4.69, 9.17) is 0 Å². The van der Waals surface area contributed by atoms with Crippen LogP contribution in [0, 0.1) is 29.1 Å². The number of imide groups is 1. The number of rotatable bonds is 5. The summed E-state index contributed by atoms with van der Waals surface area (Å²) in [5, 5.41) is -1.55. The highest BCUT2D eigenvalue weighted by molar-refractivity contribution is 7.88. The first kappa shape index (κ1) is 33.1. The quantitative estimate of drug-likeness (QED) is 0.229. The molecule has 0 aromatic heterocycles. The third kappa shape index (κ3) is 3.83. The minimum Gasteiger partial charge on any atom is -0.272 e. The lowest BCUT2D eigenvalue weighted by molar-refractivity contribution is -0.495. The predicted molar refractivity (Wildman–Crippen MR) is 90.0 cm³/mol. The average Bonchev–Trinajstić information content (AvgIpc) is 3.31. The number of allylic oxidation sites excluding steroid dienone is 2. The molecule has 0 N–H and O–H groups in total. The van der Waals surface area contributed by atoms with Gasteiger partial charge in [0.25, 0.3) is 11.8 Å². The number of alkyl halides is 17. The van der Waals surface area contributed by atoms with Crippen molar-refractivity contribution in [2.45, 2.75) is 48.0 Å². The van der Waals surface area contributed by atoms with Crippen LogP contribution in [-0.4, -0.2) is 66.8 Å². The Morgan fingerprint density at radius 3 is 1.20 bits per heavy atom. The number of hydrogen-bond acceptors (Lipinski definition) is 5. The Morgan fingerprint density at radius 2 is 0.927 bits per heavy atom. The molecule has 0 aromatic carbocycles. The third-order valence-corrected chi connectivity index (χ3v) is 8.78. The van der Waals surface area contributed by atoms with E-state index in [2.05, 4.69) is 4.28 Å². The van der Waals surface area contributed by atoms with E-state index >= 15 is 8.78 Å². The molecular formula is C17H8F17NO5S. The summed E-state index contributed by atoms with van der Waals surface area (Å²) in [7, 11) is -9.15. The van der Waals surface area contributed by atoms with Crippen LogP contribution in [0.25, 0.3) is 0 Å². The van der Waals surface area contributed by atoms with Gasteiger partial charge < -0.3 is 0 Å². The van der Waals surface area contributed by atoms with Gasteiger partial charge in [-0.1, -0.05) is 12.2 Å². The fourth-order valence-corrected chi connectivity index (χ4v) is 6.83. The smallest absolute Gasteiger partial charge is 0.272 e. The second-order valence-corrected chi connectivity index (χ2v) is 10.7. The van der Waals surface area contributed by atoms with Crippen LogP contribution in [0.5, 0.6) is 0 Å². The zero-order valence-electron chi connectivity index (χ0n) is 18.5. The van der Waals surface area contributed by atoms with Crippen LogP contribution in [-0.2, 0) is 24.0 Å². The van der Waals surface area contributed by atoms with E-state index < -0.39 is 97.6 Å². The Kier molecular flexibility index (Phi) is 6.93. The van der Waals surface area contributed by atoms with Crippen molar-refractivity contribution in [3.05, 3.63) is 12.2 Å². The van der Waals surface area contributed by atoms with Gasteiger partial charge in [0, 0.05) is 0 Å². The van der Waals surface area contributed by atoms with E-state index in [1.54, 1.807) is 0 Å². The topological polar surface area (TPSA) is 80.8 Å². The average molecular weight is 661 g/mol. The van der Waals surface area contributed by atoms with Crippen molar-refractivity contribution in [1.29, 1.82) is 0 Å². The van der Waals surface area contributed by atoms with E-state index in [0.29, 0.717) is 0 Å². The first-order valence-corrected chi connectivity index (χ1v) is 11.5. The molecule has 1 saturated carbocycles.